The first-order valence-electron chi connectivity index (χ1n) is 8.32. The van der Waals surface area contributed by atoms with Crippen molar-refractivity contribution in [3.8, 4) is 0 Å². The number of carbonyl (C=O) groups excluding carboxylic acids is 2. The molecular formula is C17H21NO5S. The van der Waals surface area contributed by atoms with Gasteiger partial charge in [-0.2, -0.15) is 4.31 Å². The van der Waals surface area contributed by atoms with Gasteiger partial charge in [-0.05, 0) is 56.4 Å². The van der Waals surface area contributed by atoms with Crippen LogP contribution in [0.1, 0.15) is 48.9 Å². The molecule has 1 saturated heterocycles. The maximum absolute atomic E-state index is 12.4. The van der Waals surface area contributed by atoms with Crippen molar-refractivity contribution in [1.29, 1.82) is 0 Å². The third-order valence-electron chi connectivity index (χ3n) is 4.54. The molecule has 1 saturated carbocycles. The molecule has 1 aromatic rings. The fourth-order valence-electron chi connectivity index (χ4n) is 3.11. The van der Waals surface area contributed by atoms with Crippen molar-refractivity contribution < 1.29 is 22.7 Å². The molecule has 1 heterocycles. The molecule has 24 heavy (non-hydrogen) atoms. The molecule has 1 aliphatic carbocycles. The summed E-state index contributed by atoms with van der Waals surface area (Å²) in [7, 11) is -3.49. The molecule has 0 unspecified atom stereocenters. The number of esters is 1. The highest BCUT2D eigenvalue weighted by Crippen LogP contribution is 2.22. The van der Waals surface area contributed by atoms with Crippen LogP contribution in [0.4, 0.5) is 0 Å². The lowest BCUT2D eigenvalue weighted by Crippen LogP contribution is -2.30. The molecule has 0 amide bonds. The van der Waals surface area contributed by atoms with Gasteiger partial charge < -0.3 is 4.74 Å². The third kappa shape index (κ3) is 3.52. The number of ether oxygens (including phenoxy) is 1. The van der Waals surface area contributed by atoms with Crippen LogP contribution in [0.15, 0.2) is 29.2 Å². The normalized spacial score (nSPS) is 22.5. The second-order valence-electron chi connectivity index (χ2n) is 6.24. The Hall–Kier alpha value is -1.73. The van der Waals surface area contributed by atoms with Gasteiger partial charge in [0, 0.05) is 19.5 Å². The standard InChI is InChI=1S/C17H21NO5S/c19-15-5-1-2-6-16(15)23-17(20)13-7-9-14(10-8-13)24(21,22)18-11-3-4-12-18/h7-10,16H,1-6,11-12H2/t16-/m1/s1. The number of Topliss-reactive ketones (excluding diaryl/α,β-unsaturated/α-hetero) is 1. The van der Waals surface area contributed by atoms with E-state index in [1.54, 1.807) is 0 Å². The summed E-state index contributed by atoms with van der Waals surface area (Å²) < 4.78 is 31.6. The van der Waals surface area contributed by atoms with E-state index in [2.05, 4.69) is 0 Å². The summed E-state index contributed by atoms with van der Waals surface area (Å²) in [4.78, 5) is 24.0. The molecule has 0 spiro atoms. The van der Waals surface area contributed by atoms with Crippen LogP contribution in [0.5, 0.6) is 0 Å². The Kier molecular flexibility index (Phi) is 5.01. The Balaban J connectivity index is 1.69. The van der Waals surface area contributed by atoms with Gasteiger partial charge in [-0.25, -0.2) is 13.2 Å². The average Bonchev–Trinajstić information content (AvgIpc) is 3.12. The van der Waals surface area contributed by atoms with Crippen LogP contribution < -0.4 is 0 Å². The number of sulfonamides is 1. The minimum atomic E-state index is -3.49. The Bertz CT molecular complexity index is 720. The van der Waals surface area contributed by atoms with Crippen LogP contribution in [0, 0.1) is 0 Å². The maximum atomic E-state index is 12.4. The maximum Gasteiger partial charge on any atom is 0.338 e. The summed E-state index contributed by atoms with van der Waals surface area (Å²) >= 11 is 0. The number of rotatable bonds is 4. The van der Waals surface area contributed by atoms with E-state index in [1.807, 2.05) is 0 Å². The number of hydrogen-bond acceptors (Lipinski definition) is 5. The number of benzene rings is 1. The molecule has 7 heteroatoms. The predicted octanol–water partition coefficient (Wildman–Crippen LogP) is 2.14. The van der Waals surface area contributed by atoms with Gasteiger partial charge in [0.25, 0.3) is 0 Å². The minimum absolute atomic E-state index is 0.0390. The average molecular weight is 351 g/mol. The number of hydrogen-bond donors (Lipinski definition) is 0. The van der Waals surface area contributed by atoms with Gasteiger partial charge in [0.1, 0.15) is 0 Å². The van der Waals surface area contributed by atoms with Crippen molar-refractivity contribution >= 4 is 21.8 Å². The van der Waals surface area contributed by atoms with Crippen molar-refractivity contribution in [2.75, 3.05) is 13.1 Å². The summed E-state index contributed by atoms with van der Waals surface area (Å²) in [5.41, 5.74) is 0.258. The van der Waals surface area contributed by atoms with Gasteiger partial charge in [-0.1, -0.05) is 0 Å². The van der Waals surface area contributed by atoms with Crippen LogP contribution in [0.25, 0.3) is 0 Å². The Morgan fingerprint density at radius 1 is 1.04 bits per heavy atom. The molecule has 1 atom stereocenters. The third-order valence-corrected chi connectivity index (χ3v) is 6.45. The molecule has 0 radical (unpaired) electrons. The van der Waals surface area contributed by atoms with E-state index in [-0.39, 0.29) is 16.2 Å². The molecule has 2 fully saturated rings. The monoisotopic (exact) mass is 351 g/mol. The predicted molar refractivity (Wildman–Crippen MR) is 87.1 cm³/mol. The Morgan fingerprint density at radius 2 is 1.71 bits per heavy atom. The highest BCUT2D eigenvalue weighted by molar-refractivity contribution is 7.89. The molecule has 0 bridgehead atoms. The lowest BCUT2D eigenvalue weighted by molar-refractivity contribution is -0.129. The first-order chi connectivity index (χ1) is 11.5. The van der Waals surface area contributed by atoms with Crippen LogP contribution in [-0.4, -0.2) is 43.7 Å². The fraction of sp³-hybridized carbons (Fsp3) is 0.529. The van der Waals surface area contributed by atoms with Crippen molar-refractivity contribution in [2.24, 2.45) is 0 Å². The zero-order valence-corrected chi connectivity index (χ0v) is 14.3. The van der Waals surface area contributed by atoms with Crippen LogP contribution >= 0.6 is 0 Å². The molecular weight excluding hydrogens is 330 g/mol. The van der Waals surface area contributed by atoms with Gasteiger partial charge in [0.2, 0.25) is 10.0 Å². The zero-order valence-electron chi connectivity index (χ0n) is 13.4. The topological polar surface area (TPSA) is 80.8 Å². The quantitative estimate of drug-likeness (QED) is 0.777. The van der Waals surface area contributed by atoms with E-state index in [4.69, 9.17) is 4.74 Å². The van der Waals surface area contributed by atoms with Gasteiger partial charge >= 0.3 is 5.97 Å². The van der Waals surface area contributed by atoms with Crippen molar-refractivity contribution in [3.63, 3.8) is 0 Å². The summed E-state index contributed by atoms with van der Waals surface area (Å²) in [5, 5.41) is 0. The summed E-state index contributed by atoms with van der Waals surface area (Å²) in [6.07, 6.45) is 3.81. The van der Waals surface area contributed by atoms with Crippen LogP contribution in [0.3, 0.4) is 0 Å². The van der Waals surface area contributed by atoms with Crippen LogP contribution in [-0.2, 0) is 19.6 Å². The molecule has 130 valence electrons. The molecule has 3 rings (SSSR count). The lowest BCUT2D eigenvalue weighted by atomic mass is 9.96. The first-order valence-corrected chi connectivity index (χ1v) is 9.76. The van der Waals surface area contributed by atoms with E-state index in [9.17, 15) is 18.0 Å². The first kappa shape index (κ1) is 17.1. The molecule has 2 aliphatic rings. The smallest absolute Gasteiger partial charge is 0.338 e. The molecule has 1 aromatic carbocycles. The molecule has 6 nitrogen and oxygen atoms in total. The van der Waals surface area contributed by atoms with Crippen molar-refractivity contribution in [2.45, 2.75) is 49.5 Å². The van der Waals surface area contributed by atoms with Crippen LogP contribution in [0.2, 0.25) is 0 Å². The van der Waals surface area contributed by atoms with Crippen molar-refractivity contribution in [3.05, 3.63) is 29.8 Å². The van der Waals surface area contributed by atoms with E-state index in [0.29, 0.717) is 25.9 Å². The highest BCUT2D eigenvalue weighted by atomic mass is 32.2. The fourth-order valence-corrected chi connectivity index (χ4v) is 4.63. The summed E-state index contributed by atoms with van der Waals surface area (Å²) in [6, 6.07) is 5.73. The second-order valence-corrected chi connectivity index (χ2v) is 8.18. The molecule has 0 N–H and O–H groups in total. The van der Waals surface area contributed by atoms with Crippen molar-refractivity contribution in [1.82, 2.24) is 4.31 Å². The number of carbonyl (C=O) groups is 2. The summed E-state index contributed by atoms with van der Waals surface area (Å²) in [5.74, 6) is -0.622. The number of ketones is 1. The van der Waals surface area contributed by atoms with Gasteiger partial charge in [-0.15, -0.1) is 0 Å². The highest BCUT2D eigenvalue weighted by Gasteiger charge is 2.28. The van der Waals surface area contributed by atoms with Gasteiger partial charge in [-0.3, -0.25) is 4.79 Å². The van der Waals surface area contributed by atoms with Gasteiger partial charge in [0.15, 0.2) is 11.9 Å². The zero-order chi connectivity index (χ0) is 17.2. The number of nitrogens with zero attached hydrogens (tertiary/aromatic N) is 1. The SMILES string of the molecule is O=C(O[C@@H]1CCCCC1=O)c1ccc(S(=O)(=O)N2CCCC2)cc1. The summed E-state index contributed by atoms with van der Waals surface area (Å²) in [6.45, 7) is 1.08. The Morgan fingerprint density at radius 3 is 2.33 bits per heavy atom. The molecule has 0 aromatic heterocycles. The lowest BCUT2D eigenvalue weighted by Gasteiger charge is -2.20. The van der Waals surface area contributed by atoms with E-state index >= 15 is 0 Å². The second kappa shape index (κ2) is 7.03. The van der Waals surface area contributed by atoms with E-state index < -0.39 is 22.1 Å². The Labute approximate surface area is 141 Å². The largest absolute Gasteiger partial charge is 0.451 e. The molecule has 1 aliphatic heterocycles. The van der Waals surface area contributed by atoms with Gasteiger partial charge in [0.05, 0.1) is 10.5 Å². The van der Waals surface area contributed by atoms with E-state index in [1.165, 1.54) is 28.6 Å². The minimum Gasteiger partial charge on any atom is -0.451 e. The van der Waals surface area contributed by atoms with E-state index in [0.717, 1.165) is 25.7 Å².